The van der Waals surface area contributed by atoms with Gasteiger partial charge in [0.25, 0.3) is 0 Å². The first kappa shape index (κ1) is 12.7. The van der Waals surface area contributed by atoms with Crippen LogP contribution in [0.3, 0.4) is 0 Å². The van der Waals surface area contributed by atoms with E-state index in [1.807, 2.05) is 24.3 Å². The number of nitrogens with one attached hydrogen (secondary N) is 1. The Balaban J connectivity index is 1.81. The Bertz CT molecular complexity index is 473. The van der Waals surface area contributed by atoms with Gasteiger partial charge in [-0.3, -0.25) is 4.79 Å². The topological polar surface area (TPSA) is 38.3 Å². The molecular weight excluding hydrogens is 238 g/mol. The maximum Gasteiger partial charge on any atom is 0.182 e. The molecule has 0 aromatic heterocycles. The quantitative estimate of drug-likeness (QED) is 0.826. The predicted molar refractivity (Wildman–Crippen MR) is 74.7 cm³/mol. The molecule has 3 rings (SSSR count). The highest BCUT2D eigenvalue weighted by molar-refractivity contribution is 6.03. The summed E-state index contributed by atoms with van der Waals surface area (Å²) >= 11 is 0. The zero-order valence-corrected chi connectivity index (χ0v) is 11.4. The van der Waals surface area contributed by atoms with Gasteiger partial charge in [-0.25, -0.2) is 0 Å². The Hall–Kier alpha value is -1.35. The van der Waals surface area contributed by atoms with Crippen LogP contribution in [-0.2, 0) is 0 Å². The summed E-state index contributed by atoms with van der Waals surface area (Å²) in [4.78, 5) is 12.7. The summed E-state index contributed by atoms with van der Waals surface area (Å²) in [5, 5.41) is 3.40. The number of benzene rings is 1. The fourth-order valence-corrected chi connectivity index (χ4v) is 2.83. The van der Waals surface area contributed by atoms with Crippen LogP contribution in [0.25, 0.3) is 0 Å². The van der Waals surface area contributed by atoms with Gasteiger partial charge in [-0.1, -0.05) is 19.1 Å². The second-order valence-corrected chi connectivity index (χ2v) is 5.64. The molecule has 0 bridgehead atoms. The molecule has 1 aromatic rings. The van der Waals surface area contributed by atoms with Gasteiger partial charge >= 0.3 is 0 Å². The van der Waals surface area contributed by atoms with Crippen molar-refractivity contribution in [2.75, 3.05) is 6.54 Å². The van der Waals surface area contributed by atoms with Crippen LogP contribution < -0.4 is 10.1 Å². The molecule has 0 amide bonds. The molecule has 19 heavy (non-hydrogen) atoms. The predicted octanol–water partition coefficient (Wildman–Crippen LogP) is 2.94. The lowest BCUT2D eigenvalue weighted by Crippen LogP contribution is -2.46. The molecule has 1 unspecified atom stereocenters. The van der Waals surface area contributed by atoms with Crippen molar-refractivity contribution < 1.29 is 9.53 Å². The molecular formula is C16H21NO2. The minimum Gasteiger partial charge on any atom is -0.490 e. The Morgan fingerprint density at radius 3 is 2.95 bits per heavy atom. The first-order chi connectivity index (χ1) is 9.23. The van der Waals surface area contributed by atoms with Crippen molar-refractivity contribution >= 4 is 5.78 Å². The Labute approximate surface area is 114 Å². The molecule has 3 heteroatoms. The van der Waals surface area contributed by atoms with Crippen LogP contribution in [-0.4, -0.2) is 24.0 Å². The van der Waals surface area contributed by atoms with Gasteiger partial charge in [0.15, 0.2) is 5.78 Å². The summed E-state index contributed by atoms with van der Waals surface area (Å²) in [5.74, 6) is 1.05. The fourth-order valence-electron chi connectivity index (χ4n) is 2.83. The average Bonchev–Trinajstić information content (AvgIpc) is 3.12. The monoisotopic (exact) mass is 259 g/mol. The van der Waals surface area contributed by atoms with E-state index in [0.29, 0.717) is 6.10 Å². The zero-order valence-electron chi connectivity index (χ0n) is 11.4. The summed E-state index contributed by atoms with van der Waals surface area (Å²) in [6.07, 6.45) is 5.51. The van der Waals surface area contributed by atoms with E-state index in [-0.39, 0.29) is 11.3 Å². The molecule has 1 heterocycles. The highest BCUT2D eigenvalue weighted by Gasteiger charge is 2.39. The molecule has 1 aliphatic carbocycles. The molecule has 1 aromatic carbocycles. The number of ketones is 1. The smallest absolute Gasteiger partial charge is 0.182 e. The van der Waals surface area contributed by atoms with Crippen molar-refractivity contribution in [3.05, 3.63) is 29.8 Å². The molecule has 0 spiro atoms. The second-order valence-electron chi connectivity index (χ2n) is 5.64. The zero-order chi connectivity index (χ0) is 13.3. The van der Waals surface area contributed by atoms with Gasteiger partial charge in [0, 0.05) is 5.56 Å². The third kappa shape index (κ3) is 2.52. The molecule has 1 saturated carbocycles. The van der Waals surface area contributed by atoms with E-state index in [0.717, 1.165) is 50.0 Å². The minimum atomic E-state index is -0.349. The van der Waals surface area contributed by atoms with Gasteiger partial charge in [0.2, 0.25) is 0 Å². The Kier molecular flexibility index (Phi) is 3.31. The highest BCUT2D eigenvalue weighted by Crippen LogP contribution is 2.30. The normalized spacial score (nSPS) is 26.4. The van der Waals surface area contributed by atoms with Gasteiger partial charge in [-0.15, -0.1) is 0 Å². The second kappa shape index (κ2) is 4.97. The van der Waals surface area contributed by atoms with E-state index in [4.69, 9.17) is 4.74 Å². The van der Waals surface area contributed by atoms with Crippen molar-refractivity contribution in [2.45, 2.75) is 50.7 Å². The van der Waals surface area contributed by atoms with E-state index in [9.17, 15) is 4.79 Å². The average molecular weight is 259 g/mol. The number of ether oxygens (including phenoxy) is 1. The first-order valence-corrected chi connectivity index (χ1v) is 7.30. The van der Waals surface area contributed by atoms with Gasteiger partial charge < -0.3 is 10.1 Å². The van der Waals surface area contributed by atoms with Crippen molar-refractivity contribution in [3.63, 3.8) is 0 Å². The van der Waals surface area contributed by atoms with Crippen LogP contribution >= 0.6 is 0 Å². The van der Waals surface area contributed by atoms with Crippen LogP contribution in [0.4, 0.5) is 0 Å². The van der Waals surface area contributed by atoms with Gasteiger partial charge in [-0.2, -0.15) is 0 Å². The van der Waals surface area contributed by atoms with Crippen LogP contribution in [0.5, 0.6) is 5.75 Å². The SMILES string of the molecule is CCC1(C(=O)c2cccc(OC3CC3)c2)CCCN1. The van der Waals surface area contributed by atoms with Crippen LogP contribution in [0.1, 0.15) is 49.4 Å². The summed E-state index contributed by atoms with van der Waals surface area (Å²) in [6.45, 7) is 3.03. The van der Waals surface area contributed by atoms with Gasteiger partial charge in [-0.05, 0) is 50.8 Å². The molecule has 1 aliphatic heterocycles. The highest BCUT2D eigenvalue weighted by atomic mass is 16.5. The molecule has 0 radical (unpaired) electrons. The maximum absolute atomic E-state index is 12.7. The lowest BCUT2D eigenvalue weighted by molar-refractivity contribution is 0.0863. The molecule has 2 fully saturated rings. The molecule has 3 nitrogen and oxygen atoms in total. The van der Waals surface area contributed by atoms with E-state index in [2.05, 4.69) is 12.2 Å². The molecule has 102 valence electrons. The van der Waals surface area contributed by atoms with Crippen molar-refractivity contribution in [2.24, 2.45) is 0 Å². The van der Waals surface area contributed by atoms with E-state index in [1.54, 1.807) is 0 Å². The number of hydrogen-bond donors (Lipinski definition) is 1. The lowest BCUT2D eigenvalue weighted by Gasteiger charge is -2.26. The standard InChI is InChI=1S/C16H21NO2/c1-2-16(9-4-10-17-16)15(18)12-5-3-6-14(11-12)19-13-7-8-13/h3,5-6,11,13,17H,2,4,7-10H2,1H3. The van der Waals surface area contributed by atoms with Crippen LogP contribution in [0.15, 0.2) is 24.3 Å². The summed E-state index contributed by atoms with van der Waals surface area (Å²) in [7, 11) is 0. The Morgan fingerprint density at radius 2 is 2.32 bits per heavy atom. The number of rotatable bonds is 5. The van der Waals surface area contributed by atoms with E-state index >= 15 is 0 Å². The van der Waals surface area contributed by atoms with Crippen molar-refractivity contribution in [3.8, 4) is 5.75 Å². The molecule has 2 aliphatic rings. The largest absolute Gasteiger partial charge is 0.490 e. The number of hydrogen-bond acceptors (Lipinski definition) is 3. The third-order valence-corrected chi connectivity index (χ3v) is 4.21. The summed E-state index contributed by atoms with van der Waals surface area (Å²) in [6, 6.07) is 7.66. The number of carbonyl (C=O) groups is 1. The van der Waals surface area contributed by atoms with Gasteiger partial charge in [0.05, 0.1) is 11.6 Å². The summed E-state index contributed by atoms with van der Waals surface area (Å²) in [5.41, 5.74) is 0.424. The molecule has 1 N–H and O–H groups in total. The Morgan fingerprint density at radius 1 is 1.47 bits per heavy atom. The first-order valence-electron chi connectivity index (χ1n) is 7.30. The van der Waals surface area contributed by atoms with Crippen LogP contribution in [0, 0.1) is 0 Å². The minimum absolute atomic E-state index is 0.216. The van der Waals surface area contributed by atoms with Crippen molar-refractivity contribution in [1.29, 1.82) is 0 Å². The fraction of sp³-hybridized carbons (Fsp3) is 0.562. The summed E-state index contributed by atoms with van der Waals surface area (Å²) < 4.78 is 5.77. The number of carbonyl (C=O) groups excluding carboxylic acids is 1. The maximum atomic E-state index is 12.7. The van der Waals surface area contributed by atoms with E-state index in [1.165, 1.54) is 0 Å². The lowest BCUT2D eigenvalue weighted by atomic mass is 9.85. The van der Waals surface area contributed by atoms with Crippen LogP contribution in [0.2, 0.25) is 0 Å². The van der Waals surface area contributed by atoms with E-state index < -0.39 is 0 Å². The molecule has 1 atom stereocenters. The molecule has 1 saturated heterocycles. The van der Waals surface area contributed by atoms with Gasteiger partial charge in [0.1, 0.15) is 5.75 Å². The number of Topliss-reactive ketones (excluding diaryl/α,β-unsaturated/α-hetero) is 1. The van der Waals surface area contributed by atoms with Crippen molar-refractivity contribution in [1.82, 2.24) is 5.32 Å². The third-order valence-electron chi connectivity index (χ3n) is 4.21.